The third-order valence-corrected chi connectivity index (χ3v) is 10.4. The molecule has 1 saturated heterocycles. The Hall–Kier alpha value is -2.57. The van der Waals surface area contributed by atoms with Crippen molar-refractivity contribution in [2.75, 3.05) is 0 Å². The van der Waals surface area contributed by atoms with Crippen LogP contribution in [-0.2, 0) is 16.4 Å². The van der Waals surface area contributed by atoms with Crippen LogP contribution in [0.3, 0.4) is 0 Å². The smallest absolute Gasteiger partial charge is 0.475 e. The molecule has 4 fully saturated rings. The zero-order chi connectivity index (χ0) is 29.1. The van der Waals surface area contributed by atoms with E-state index in [-0.39, 0.29) is 40.1 Å². The van der Waals surface area contributed by atoms with Crippen LogP contribution in [0.25, 0.3) is 0 Å². The van der Waals surface area contributed by atoms with E-state index in [0.29, 0.717) is 25.7 Å². The molecule has 2 aromatic carbocycles. The van der Waals surface area contributed by atoms with Gasteiger partial charge in [-0.3, -0.25) is 10.1 Å². The summed E-state index contributed by atoms with van der Waals surface area (Å²) in [6, 6.07) is 6.58. The molecule has 3 saturated carbocycles. The summed E-state index contributed by atoms with van der Waals surface area (Å²) in [6.45, 7) is 0. The average molecular weight is 617 g/mol. The Bertz CT molecular complexity index is 1450. The van der Waals surface area contributed by atoms with E-state index in [1.54, 1.807) is 0 Å². The number of piperidine rings is 1. The van der Waals surface area contributed by atoms with Gasteiger partial charge in [-0.25, -0.2) is 17.5 Å². The summed E-state index contributed by atoms with van der Waals surface area (Å²) in [5.74, 6) is -1.38. The molecule has 4 atom stereocenters. The Morgan fingerprint density at radius 2 is 1.76 bits per heavy atom. The van der Waals surface area contributed by atoms with E-state index in [4.69, 9.17) is 16.3 Å². The number of benzene rings is 2. The summed E-state index contributed by atoms with van der Waals surface area (Å²) in [7, 11) is -3.80. The van der Waals surface area contributed by atoms with Crippen molar-refractivity contribution in [2.24, 2.45) is 11.8 Å². The van der Waals surface area contributed by atoms with E-state index in [0.717, 1.165) is 48.9 Å². The van der Waals surface area contributed by atoms with Crippen molar-refractivity contribution >= 4 is 27.5 Å². The minimum atomic E-state index is -4.85. The highest BCUT2D eigenvalue weighted by Crippen LogP contribution is 2.46. The lowest BCUT2D eigenvalue weighted by Crippen LogP contribution is -2.50. The fourth-order valence-electron chi connectivity index (χ4n) is 6.24. The van der Waals surface area contributed by atoms with Crippen LogP contribution in [0.1, 0.15) is 72.3 Å². The fraction of sp³-hybridized carbons (Fsp3) is 0.536. The highest BCUT2D eigenvalue weighted by Gasteiger charge is 2.44. The molecule has 2 aromatic rings. The van der Waals surface area contributed by atoms with Gasteiger partial charge in [0.25, 0.3) is 5.91 Å². The summed E-state index contributed by atoms with van der Waals surface area (Å²) in [4.78, 5) is 12.7. The molecule has 3 aliphatic carbocycles. The Labute approximate surface area is 240 Å². The minimum absolute atomic E-state index is 0.0469. The number of hydrogen-bond donors (Lipinski definition) is 2. The first-order chi connectivity index (χ1) is 19.3. The van der Waals surface area contributed by atoms with Gasteiger partial charge in [0.05, 0.1) is 10.8 Å². The van der Waals surface area contributed by atoms with Gasteiger partial charge in [-0.2, -0.15) is 0 Å². The van der Waals surface area contributed by atoms with E-state index in [1.165, 1.54) is 18.2 Å². The molecule has 4 aliphatic rings. The molecule has 1 aliphatic heterocycles. The number of sulfonamides is 1. The average Bonchev–Trinajstić information content (AvgIpc) is 3.75. The predicted octanol–water partition coefficient (Wildman–Crippen LogP) is 5.81. The SMILES string of the molecule is O=C(NS(=O)(=O)C1CC1)c1cc(C2CC2)c(CC2[C@H]3CC[C@@H]2N[C@H](Oc2cc(Cl)cc(OC(F)(F)F)c2)C3)cc1F. The number of carbonyl (C=O) groups is 1. The van der Waals surface area contributed by atoms with Crippen molar-refractivity contribution in [1.29, 1.82) is 0 Å². The Morgan fingerprint density at radius 3 is 2.41 bits per heavy atom. The first kappa shape index (κ1) is 28.5. The van der Waals surface area contributed by atoms with Crippen LogP contribution in [0.2, 0.25) is 5.02 Å². The normalized spacial score (nSPS) is 26.1. The second-order valence-corrected chi connectivity index (χ2v) is 13.9. The monoisotopic (exact) mass is 616 g/mol. The minimum Gasteiger partial charge on any atom is -0.475 e. The number of ether oxygens (including phenoxy) is 2. The molecule has 2 N–H and O–H groups in total. The molecule has 7 nitrogen and oxygen atoms in total. The molecule has 41 heavy (non-hydrogen) atoms. The van der Waals surface area contributed by atoms with Crippen LogP contribution in [-0.4, -0.2) is 38.2 Å². The molecular weight excluding hydrogens is 588 g/mol. The van der Waals surface area contributed by atoms with E-state index in [9.17, 15) is 26.4 Å². The number of halogens is 5. The van der Waals surface area contributed by atoms with Crippen LogP contribution in [0.4, 0.5) is 17.6 Å². The van der Waals surface area contributed by atoms with Gasteiger partial charge in [-0.1, -0.05) is 11.6 Å². The zero-order valence-corrected chi connectivity index (χ0v) is 23.4. The van der Waals surface area contributed by atoms with Crippen LogP contribution in [0.15, 0.2) is 30.3 Å². The highest BCUT2D eigenvalue weighted by atomic mass is 35.5. The van der Waals surface area contributed by atoms with Gasteiger partial charge < -0.3 is 9.47 Å². The molecule has 222 valence electrons. The summed E-state index contributed by atoms with van der Waals surface area (Å²) >= 11 is 5.98. The summed E-state index contributed by atoms with van der Waals surface area (Å²) in [5, 5.41) is 2.91. The molecule has 0 spiro atoms. The Balaban J connectivity index is 1.15. The lowest BCUT2D eigenvalue weighted by molar-refractivity contribution is -0.274. The zero-order valence-electron chi connectivity index (χ0n) is 21.8. The second-order valence-electron chi connectivity index (χ2n) is 11.5. The lowest BCUT2D eigenvalue weighted by atomic mass is 9.80. The lowest BCUT2D eigenvalue weighted by Gasteiger charge is -2.37. The molecular formula is C28H29ClF4N2O5S. The van der Waals surface area contributed by atoms with E-state index < -0.39 is 45.3 Å². The van der Waals surface area contributed by atoms with Crippen molar-refractivity contribution in [1.82, 2.24) is 10.0 Å². The highest BCUT2D eigenvalue weighted by molar-refractivity contribution is 7.91. The maximum absolute atomic E-state index is 15.2. The quantitative estimate of drug-likeness (QED) is 0.345. The van der Waals surface area contributed by atoms with Gasteiger partial charge >= 0.3 is 6.36 Å². The number of nitrogens with one attached hydrogen (secondary N) is 2. The number of rotatable bonds is 9. The fourth-order valence-corrected chi connectivity index (χ4v) is 7.75. The van der Waals surface area contributed by atoms with Gasteiger partial charge in [0, 0.05) is 23.6 Å². The molecule has 13 heteroatoms. The van der Waals surface area contributed by atoms with Crippen LogP contribution < -0.4 is 19.5 Å². The molecule has 0 aromatic heterocycles. The van der Waals surface area contributed by atoms with Crippen LogP contribution >= 0.6 is 11.6 Å². The third-order valence-electron chi connectivity index (χ3n) is 8.39. The van der Waals surface area contributed by atoms with Gasteiger partial charge in [0.2, 0.25) is 10.0 Å². The van der Waals surface area contributed by atoms with Gasteiger partial charge in [-0.15, -0.1) is 13.2 Å². The molecule has 6 rings (SSSR count). The first-order valence-electron chi connectivity index (χ1n) is 13.7. The molecule has 1 heterocycles. The largest absolute Gasteiger partial charge is 0.573 e. The first-order valence-corrected chi connectivity index (χ1v) is 15.6. The Morgan fingerprint density at radius 1 is 1.02 bits per heavy atom. The van der Waals surface area contributed by atoms with Gasteiger partial charge in [-0.05, 0) is 98.1 Å². The molecule has 1 unspecified atom stereocenters. The van der Waals surface area contributed by atoms with Crippen LogP contribution in [0, 0.1) is 17.7 Å². The maximum Gasteiger partial charge on any atom is 0.573 e. The van der Waals surface area contributed by atoms with Crippen molar-refractivity contribution in [3.8, 4) is 11.5 Å². The predicted molar refractivity (Wildman–Crippen MR) is 142 cm³/mol. The number of hydrogen-bond acceptors (Lipinski definition) is 6. The van der Waals surface area contributed by atoms with Gasteiger partial charge in [0.15, 0.2) is 6.23 Å². The second kappa shape index (κ2) is 10.6. The van der Waals surface area contributed by atoms with Crippen molar-refractivity contribution in [2.45, 2.75) is 81.2 Å². The van der Waals surface area contributed by atoms with Crippen molar-refractivity contribution in [3.05, 3.63) is 57.9 Å². The van der Waals surface area contributed by atoms with E-state index >= 15 is 4.39 Å². The number of fused-ring (bicyclic) bond motifs is 2. The third kappa shape index (κ3) is 6.59. The molecule has 0 radical (unpaired) electrons. The van der Waals surface area contributed by atoms with Crippen molar-refractivity contribution in [3.63, 3.8) is 0 Å². The van der Waals surface area contributed by atoms with Crippen molar-refractivity contribution < 1.29 is 40.2 Å². The standard InChI is InChI=1S/C28H29ClF4N2O5S/c29-17-10-18(12-19(11-17)40-28(31,32)33)39-26-9-15-3-6-25(34-26)22(15)7-16-8-24(30)23(13-21(16)14-1-2-14)27(36)35-41(37,38)20-4-5-20/h8,10-15,20,22,25-26,34H,1-7,9H2,(H,35,36)/t15-,22?,25-,26+/m0/s1. The van der Waals surface area contributed by atoms with E-state index in [1.807, 2.05) is 4.72 Å². The van der Waals surface area contributed by atoms with E-state index in [2.05, 4.69) is 10.1 Å². The van der Waals surface area contributed by atoms with Gasteiger partial charge in [0.1, 0.15) is 17.3 Å². The Kier molecular flexibility index (Phi) is 7.39. The maximum atomic E-state index is 15.2. The summed E-state index contributed by atoms with van der Waals surface area (Å²) in [6.07, 6.45) is 0.504. The number of carbonyl (C=O) groups excluding carboxylic acids is 1. The summed E-state index contributed by atoms with van der Waals surface area (Å²) < 4.78 is 89.7. The topological polar surface area (TPSA) is 93.7 Å². The molecule has 1 amide bonds. The molecule has 2 bridgehead atoms. The summed E-state index contributed by atoms with van der Waals surface area (Å²) in [5.41, 5.74) is 1.45. The van der Waals surface area contributed by atoms with Crippen LogP contribution in [0.5, 0.6) is 11.5 Å². The number of alkyl halides is 3. The number of amides is 1.